The van der Waals surface area contributed by atoms with Crippen molar-refractivity contribution in [1.29, 1.82) is 0 Å². The van der Waals surface area contributed by atoms with Gasteiger partial charge in [-0.2, -0.15) is 0 Å². The van der Waals surface area contributed by atoms with E-state index < -0.39 is 35.7 Å². The summed E-state index contributed by atoms with van der Waals surface area (Å²) in [5.41, 5.74) is 1.56. The first-order chi connectivity index (χ1) is 22.4. The molecule has 0 heterocycles. The molecule has 0 amide bonds. The molecular formula is C39H28O6Ti. The van der Waals surface area contributed by atoms with Crippen molar-refractivity contribution in [3.63, 3.8) is 0 Å². The van der Waals surface area contributed by atoms with Gasteiger partial charge in [0.05, 0.1) is 0 Å². The molecule has 1 aliphatic carbocycles. The summed E-state index contributed by atoms with van der Waals surface area (Å²) in [6.07, 6.45) is 4.05. The van der Waals surface area contributed by atoms with Crippen LogP contribution < -0.4 is 0 Å². The number of carbonyl (C=O) groups is 3. The van der Waals surface area contributed by atoms with E-state index >= 15 is 0 Å². The summed E-state index contributed by atoms with van der Waals surface area (Å²) in [6, 6.07) is 38.3. The van der Waals surface area contributed by atoms with Crippen LogP contribution in [0.15, 0.2) is 149 Å². The van der Waals surface area contributed by atoms with Crippen molar-refractivity contribution in [2.45, 2.75) is 13.3 Å². The summed E-state index contributed by atoms with van der Waals surface area (Å²) in [7, 11) is 0. The number of fused-ring (bicyclic) bond motifs is 3. The molecule has 0 spiro atoms. The zero-order valence-corrected chi connectivity index (χ0v) is 26.5. The van der Waals surface area contributed by atoms with E-state index in [1.54, 1.807) is 36.4 Å². The first-order valence-electron chi connectivity index (χ1n) is 14.9. The molecule has 0 radical (unpaired) electrons. The normalized spacial score (nSPS) is 12.9. The first-order valence-corrected chi connectivity index (χ1v) is 17.6. The second-order valence-corrected chi connectivity index (χ2v) is 14.7. The average molecular weight is 641 g/mol. The van der Waals surface area contributed by atoms with Crippen LogP contribution in [-0.2, 0) is 27.7 Å². The topological polar surface area (TPSA) is 78.9 Å². The van der Waals surface area contributed by atoms with Crippen molar-refractivity contribution in [1.82, 2.24) is 0 Å². The molecular weight excluding hydrogens is 612 g/mol. The molecule has 6 nitrogen and oxygen atoms in total. The minimum absolute atomic E-state index is 0.278. The fourth-order valence-electron chi connectivity index (χ4n) is 5.97. The van der Waals surface area contributed by atoms with Gasteiger partial charge in [-0.15, -0.1) is 0 Å². The predicted molar refractivity (Wildman–Crippen MR) is 175 cm³/mol. The van der Waals surface area contributed by atoms with Gasteiger partial charge in [0.15, 0.2) is 0 Å². The molecule has 0 aliphatic heterocycles. The third kappa shape index (κ3) is 5.43. The van der Waals surface area contributed by atoms with Gasteiger partial charge in [0, 0.05) is 0 Å². The van der Waals surface area contributed by atoms with Crippen LogP contribution in [0.5, 0.6) is 0 Å². The van der Waals surface area contributed by atoms with Crippen molar-refractivity contribution in [3.05, 3.63) is 166 Å². The third-order valence-electron chi connectivity index (χ3n) is 8.25. The number of benzene rings is 6. The van der Waals surface area contributed by atoms with Gasteiger partial charge >= 0.3 is 271 Å². The van der Waals surface area contributed by atoms with Gasteiger partial charge in [-0.25, -0.2) is 0 Å². The van der Waals surface area contributed by atoms with Crippen molar-refractivity contribution in [3.8, 4) is 0 Å². The number of hydrogen-bond donors (Lipinski definition) is 0. The zero-order chi connectivity index (χ0) is 31.7. The SMILES string of the molecule is CC1=[C]([Ti]([O]C(=O)c2cccc3ccccc23)([O]C(=O)c2cccc3ccccc23)[O]C(=O)c2cccc3ccccc23)CC=C1. The van der Waals surface area contributed by atoms with Gasteiger partial charge in [0.1, 0.15) is 0 Å². The average Bonchev–Trinajstić information content (AvgIpc) is 3.53. The molecule has 7 rings (SSSR count). The fraction of sp³-hybridized carbons (Fsp3) is 0.0513. The molecule has 6 aromatic rings. The summed E-state index contributed by atoms with van der Waals surface area (Å²) in [4.78, 5) is 42.6. The van der Waals surface area contributed by atoms with E-state index in [0.717, 1.165) is 21.7 Å². The number of allylic oxidation sites excluding steroid dienone is 4. The third-order valence-corrected chi connectivity index (χ3v) is 12.5. The first kappa shape index (κ1) is 29.4. The zero-order valence-electron chi connectivity index (χ0n) is 24.9. The quantitative estimate of drug-likeness (QED) is 0.162. The summed E-state index contributed by atoms with van der Waals surface area (Å²) in [6.45, 7) is 1.84. The van der Waals surface area contributed by atoms with Crippen LogP contribution in [-0.4, -0.2) is 17.9 Å². The van der Waals surface area contributed by atoms with Crippen LogP contribution in [0.3, 0.4) is 0 Å². The van der Waals surface area contributed by atoms with E-state index in [-0.39, 0.29) is 16.7 Å². The van der Waals surface area contributed by atoms with Gasteiger partial charge in [0.2, 0.25) is 0 Å². The van der Waals surface area contributed by atoms with Crippen molar-refractivity contribution < 1.29 is 42.1 Å². The van der Waals surface area contributed by atoms with Crippen LogP contribution in [0.4, 0.5) is 0 Å². The maximum absolute atomic E-state index is 14.2. The second kappa shape index (κ2) is 12.2. The summed E-state index contributed by atoms with van der Waals surface area (Å²) < 4.78 is 19.6. The summed E-state index contributed by atoms with van der Waals surface area (Å²) in [5.74, 6) is -2.21. The predicted octanol–water partition coefficient (Wildman–Crippen LogP) is 9.15. The molecule has 0 N–H and O–H groups in total. The van der Waals surface area contributed by atoms with E-state index in [4.69, 9.17) is 9.96 Å². The molecule has 224 valence electrons. The van der Waals surface area contributed by atoms with Gasteiger partial charge in [-0.05, 0) is 0 Å². The Morgan fingerprint density at radius 3 is 1.20 bits per heavy atom. The van der Waals surface area contributed by atoms with Gasteiger partial charge in [-0.3, -0.25) is 0 Å². The Morgan fingerprint density at radius 2 is 0.848 bits per heavy atom. The van der Waals surface area contributed by atoms with E-state index in [0.29, 0.717) is 26.5 Å². The van der Waals surface area contributed by atoms with Crippen molar-refractivity contribution >= 4 is 50.2 Å². The summed E-state index contributed by atoms with van der Waals surface area (Å²) in [5, 5.41) is 4.53. The van der Waals surface area contributed by atoms with Crippen molar-refractivity contribution in [2.24, 2.45) is 0 Å². The molecule has 1 aliphatic rings. The van der Waals surface area contributed by atoms with Crippen molar-refractivity contribution in [2.75, 3.05) is 0 Å². The van der Waals surface area contributed by atoms with E-state index in [1.165, 1.54) is 0 Å². The molecule has 0 saturated heterocycles. The Balaban J connectivity index is 1.38. The Kier molecular flexibility index (Phi) is 7.83. The molecule has 0 aromatic heterocycles. The molecule has 7 heteroatoms. The van der Waals surface area contributed by atoms with E-state index in [9.17, 15) is 14.4 Å². The Hall–Kier alpha value is -5.30. The number of rotatable bonds is 7. The second-order valence-electron chi connectivity index (χ2n) is 11.1. The molecule has 0 bridgehead atoms. The van der Waals surface area contributed by atoms with Crippen LogP contribution in [0.2, 0.25) is 0 Å². The Morgan fingerprint density at radius 1 is 0.500 bits per heavy atom. The Labute approximate surface area is 270 Å². The standard InChI is InChI=1S/3C11H8O2.C6H7.Ti/c3*12-11(13)10-7-3-5-8-4-1-2-6-9(8)10;1-6-4-2-3-5-6;/h3*1-7H,(H,12,13);2,4H,3H2,1H3;/q;;;;+3/p-3. The monoisotopic (exact) mass is 640 g/mol. The molecule has 0 saturated carbocycles. The molecule has 0 fully saturated rings. The molecule has 0 atom stereocenters. The van der Waals surface area contributed by atoms with Crippen LogP contribution in [0, 0.1) is 0 Å². The molecule has 46 heavy (non-hydrogen) atoms. The van der Waals surface area contributed by atoms with E-state index in [2.05, 4.69) is 0 Å². The Bertz CT molecular complexity index is 2010. The molecule has 6 aromatic carbocycles. The van der Waals surface area contributed by atoms with Gasteiger partial charge in [-0.1, -0.05) is 0 Å². The molecule has 0 unspecified atom stereocenters. The van der Waals surface area contributed by atoms with Crippen LogP contribution in [0.1, 0.15) is 44.4 Å². The van der Waals surface area contributed by atoms with Crippen LogP contribution in [0.25, 0.3) is 32.3 Å². The number of carbonyl (C=O) groups excluding carboxylic acids is 3. The minimum atomic E-state index is -5.40. The number of hydrogen-bond acceptors (Lipinski definition) is 6. The fourth-order valence-corrected chi connectivity index (χ4v) is 9.86. The summed E-state index contributed by atoms with van der Waals surface area (Å²) >= 11 is -5.40. The van der Waals surface area contributed by atoms with Crippen LogP contribution >= 0.6 is 0 Å². The van der Waals surface area contributed by atoms with Gasteiger partial charge in [0.25, 0.3) is 0 Å². The van der Waals surface area contributed by atoms with E-state index in [1.807, 2.05) is 110 Å². The van der Waals surface area contributed by atoms with Gasteiger partial charge < -0.3 is 0 Å². The maximum atomic E-state index is 14.2.